The van der Waals surface area contributed by atoms with Gasteiger partial charge in [-0.25, -0.2) is 9.13 Å². The maximum Gasteiger partial charge on any atom is 0.472 e. The van der Waals surface area contributed by atoms with E-state index in [9.17, 15) is 43.2 Å². The number of unbranched alkanes of at least 4 members (excludes halogenated alkanes) is 57. The maximum atomic E-state index is 13.2. The van der Waals surface area contributed by atoms with Crippen LogP contribution in [0, 0.1) is 0 Å². The molecule has 0 aliphatic heterocycles. The van der Waals surface area contributed by atoms with Crippen LogP contribution in [0.1, 0.15) is 451 Å². The van der Waals surface area contributed by atoms with Crippen LogP contribution in [0.3, 0.4) is 0 Å². The molecule has 0 spiro atoms. The van der Waals surface area contributed by atoms with Gasteiger partial charge in [0.25, 0.3) is 0 Å². The summed E-state index contributed by atoms with van der Waals surface area (Å²) in [7, 11) is -9.94. The van der Waals surface area contributed by atoms with E-state index >= 15 is 0 Å². The number of aliphatic hydroxyl groups is 1. The molecule has 626 valence electrons. The Morgan fingerprint density at radius 2 is 0.453 bits per heavy atom. The average Bonchev–Trinajstić information content (AvgIpc) is 0.900. The summed E-state index contributed by atoms with van der Waals surface area (Å²) in [6, 6.07) is 0. The lowest BCUT2D eigenvalue weighted by molar-refractivity contribution is -0.161. The zero-order valence-electron chi connectivity index (χ0n) is 68.9. The van der Waals surface area contributed by atoms with Gasteiger partial charge in [-0.1, -0.05) is 399 Å². The molecule has 0 aliphatic rings. The Hall–Kier alpha value is -2.46. The molecule has 0 aromatic heterocycles. The molecule has 2 unspecified atom stereocenters. The summed E-state index contributed by atoms with van der Waals surface area (Å²) >= 11 is 0. The molecule has 0 fully saturated rings. The Labute approximate surface area is 650 Å². The molecule has 3 N–H and O–H groups in total. The van der Waals surface area contributed by atoms with Crippen LogP contribution in [-0.4, -0.2) is 96.7 Å². The molecule has 0 aromatic carbocycles. The van der Waals surface area contributed by atoms with E-state index in [1.54, 1.807) is 0 Å². The third kappa shape index (κ3) is 79.6. The number of carbonyl (C=O) groups is 4. The Kier molecular flexibility index (Phi) is 78.7. The van der Waals surface area contributed by atoms with Gasteiger partial charge in [-0.05, 0) is 51.4 Å². The highest BCUT2D eigenvalue weighted by atomic mass is 31.2. The van der Waals surface area contributed by atoms with Crippen molar-refractivity contribution in [3.05, 3.63) is 24.3 Å². The van der Waals surface area contributed by atoms with Crippen molar-refractivity contribution in [1.82, 2.24) is 0 Å². The number of ether oxygens (including phenoxy) is 4. The number of hydrogen-bond acceptors (Lipinski definition) is 15. The number of aliphatic hydroxyl groups excluding tert-OH is 1. The zero-order chi connectivity index (χ0) is 77.4. The molecule has 0 saturated heterocycles. The highest BCUT2D eigenvalue weighted by molar-refractivity contribution is 7.47. The smallest absolute Gasteiger partial charge is 0.462 e. The lowest BCUT2D eigenvalue weighted by Crippen LogP contribution is -2.30. The predicted octanol–water partition coefficient (Wildman–Crippen LogP) is 26.5. The number of phosphoric acid groups is 2. The Balaban J connectivity index is 5.25. The molecule has 17 nitrogen and oxygen atoms in total. The number of esters is 4. The first kappa shape index (κ1) is 104. The van der Waals surface area contributed by atoms with Crippen molar-refractivity contribution in [2.75, 3.05) is 39.6 Å². The van der Waals surface area contributed by atoms with Gasteiger partial charge in [-0.15, -0.1) is 0 Å². The van der Waals surface area contributed by atoms with Crippen molar-refractivity contribution in [2.24, 2.45) is 0 Å². The minimum absolute atomic E-state index is 0.0860. The lowest BCUT2D eigenvalue weighted by Gasteiger charge is -2.21. The van der Waals surface area contributed by atoms with Crippen LogP contribution in [0.25, 0.3) is 0 Å². The fraction of sp³-hybridized carbons (Fsp3) is 0.908. The lowest BCUT2D eigenvalue weighted by atomic mass is 10.0. The molecule has 106 heavy (non-hydrogen) atoms. The summed E-state index contributed by atoms with van der Waals surface area (Å²) in [6.45, 7) is 4.99. The second kappa shape index (κ2) is 80.6. The molecule has 0 rings (SSSR count). The van der Waals surface area contributed by atoms with E-state index in [-0.39, 0.29) is 25.7 Å². The van der Waals surface area contributed by atoms with E-state index < -0.39 is 97.5 Å². The molecule has 0 aromatic rings. The number of hydrogen-bond donors (Lipinski definition) is 3. The fourth-order valence-corrected chi connectivity index (χ4v) is 14.7. The van der Waals surface area contributed by atoms with Gasteiger partial charge in [0.2, 0.25) is 0 Å². The van der Waals surface area contributed by atoms with E-state index in [4.69, 9.17) is 37.0 Å². The summed E-state index contributed by atoms with van der Waals surface area (Å²) in [5.74, 6) is -2.13. The van der Waals surface area contributed by atoms with Gasteiger partial charge in [0.1, 0.15) is 19.3 Å². The van der Waals surface area contributed by atoms with E-state index in [1.807, 2.05) is 0 Å². The molecule has 19 heteroatoms. The molecule has 0 aliphatic carbocycles. The normalized spacial score (nSPS) is 13.8. The summed E-state index contributed by atoms with van der Waals surface area (Å²) in [5, 5.41) is 10.7. The van der Waals surface area contributed by atoms with Crippen molar-refractivity contribution in [3.63, 3.8) is 0 Å². The molecule has 5 atom stereocenters. The van der Waals surface area contributed by atoms with Crippen LogP contribution < -0.4 is 0 Å². The Morgan fingerprint density at radius 3 is 0.689 bits per heavy atom. The predicted molar refractivity (Wildman–Crippen MR) is 437 cm³/mol. The second-order valence-electron chi connectivity index (χ2n) is 30.6. The highest BCUT2D eigenvalue weighted by Crippen LogP contribution is 2.45. The van der Waals surface area contributed by atoms with Gasteiger partial charge >= 0.3 is 39.5 Å². The molecular weight excluding hydrogens is 1380 g/mol. The molecule has 0 bridgehead atoms. The van der Waals surface area contributed by atoms with Crippen LogP contribution in [0.4, 0.5) is 0 Å². The van der Waals surface area contributed by atoms with Crippen LogP contribution in [0.15, 0.2) is 24.3 Å². The third-order valence-corrected chi connectivity index (χ3v) is 21.9. The third-order valence-electron chi connectivity index (χ3n) is 20.0. The highest BCUT2D eigenvalue weighted by Gasteiger charge is 2.30. The van der Waals surface area contributed by atoms with Crippen molar-refractivity contribution in [3.8, 4) is 0 Å². The standard InChI is InChI=1S/C87H166O17P2/c1-5-9-13-17-21-25-29-32-35-37-39-40-41-42-44-47-50-54-58-62-66-70-74-87(92)104-83(78-98-85(90)72-68-64-60-56-52-48-46-43-38-36-33-30-26-22-18-14-10-6-2)80-102-106(95,96)100-76-81(88)75-99-105(93,94)101-79-82(77-97-84(89)71-67-63-59-55-51-28-24-20-16-12-8-4)103-86(91)73-69-65-61-57-53-49-45-34-31-27-23-19-15-11-7-3/h27,31,34,45,81-83,88H,5-26,28-30,32-33,35-44,46-80H2,1-4H3,(H,93,94)(H,95,96)/b31-27-,45-34-/t81-,82+,83+/m0/s1. The van der Waals surface area contributed by atoms with Crippen LogP contribution in [0.5, 0.6) is 0 Å². The quantitative estimate of drug-likeness (QED) is 0.0169. The SMILES string of the molecule is CCCCCC/C=C\C=C/CCCCCCCC(=O)O[C@H](COC(=O)CCCCCCCCCCCCC)COP(=O)(O)OC[C@H](O)COP(=O)(O)OC[C@@H](COC(=O)CCCCCCCCCCCCCCCCCCCC)OC(=O)CCCCCCCCCCCCCCCCCCCCCCCC. The maximum absolute atomic E-state index is 13.2. The van der Waals surface area contributed by atoms with Gasteiger partial charge in [-0.3, -0.25) is 37.3 Å². The van der Waals surface area contributed by atoms with Crippen molar-refractivity contribution in [1.29, 1.82) is 0 Å². The summed E-state index contributed by atoms with van der Waals surface area (Å²) < 4.78 is 68.9. The van der Waals surface area contributed by atoms with Crippen LogP contribution in [-0.2, 0) is 65.4 Å². The molecule has 0 heterocycles. The topological polar surface area (TPSA) is 237 Å². The van der Waals surface area contributed by atoms with Gasteiger partial charge in [-0.2, -0.15) is 0 Å². The van der Waals surface area contributed by atoms with Gasteiger partial charge in [0.15, 0.2) is 12.2 Å². The van der Waals surface area contributed by atoms with E-state index in [2.05, 4.69) is 52.0 Å². The van der Waals surface area contributed by atoms with E-state index in [0.29, 0.717) is 25.7 Å². The van der Waals surface area contributed by atoms with Gasteiger partial charge in [0.05, 0.1) is 26.4 Å². The minimum atomic E-state index is -4.97. The number of carbonyl (C=O) groups excluding carboxylic acids is 4. The van der Waals surface area contributed by atoms with E-state index in [1.165, 1.54) is 270 Å². The fourth-order valence-electron chi connectivity index (χ4n) is 13.2. The van der Waals surface area contributed by atoms with Crippen molar-refractivity contribution >= 4 is 39.5 Å². The first-order valence-electron chi connectivity index (χ1n) is 44.6. The van der Waals surface area contributed by atoms with Crippen LogP contribution in [0.2, 0.25) is 0 Å². The number of phosphoric ester groups is 2. The van der Waals surface area contributed by atoms with Crippen molar-refractivity contribution < 1.29 is 80.2 Å². The first-order valence-corrected chi connectivity index (χ1v) is 47.6. The van der Waals surface area contributed by atoms with Gasteiger partial charge < -0.3 is 33.8 Å². The monoisotopic (exact) mass is 1550 g/mol. The second-order valence-corrected chi connectivity index (χ2v) is 33.5. The van der Waals surface area contributed by atoms with Crippen molar-refractivity contribution in [2.45, 2.75) is 470 Å². The first-order chi connectivity index (χ1) is 51.7. The Morgan fingerprint density at radius 1 is 0.264 bits per heavy atom. The van der Waals surface area contributed by atoms with Gasteiger partial charge in [0, 0.05) is 25.7 Å². The summed E-state index contributed by atoms with van der Waals surface area (Å²) in [6.07, 6.45) is 78.6. The number of allylic oxidation sites excluding steroid dienone is 4. The Bertz CT molecular complexity index is 2090. The largest absolute Gasteiger partial charge is 0.472 e. The molecule has 0 radical (unpaired) electrons. The molecule has 0 amide bonds. The van der Waals surface area contributed by atoms with Crippen LogP contribution >= 0.6 is 15.6 Å². The minimum Gasteiger partial charge on any atom is -0.462 e. The summed E-state index contributed by atoms with van der Waals surface area (Å²) in [5.41, 5.74) is 0. The zero-order valence-corrected chi connectivity index (χ0v) is 70.7. The average molecular weight is 1550 g/mol. The number of rotatable bonds is 86. The molecular formula is C87H166O17P2. The summed E-state index contributed by atoms with van der Waals surface area (Å²) in [4.78, 5) is 73.2. The van der Waals surface area contributed by atoms with E-state index in [0.717, 1.165) is 103 Å². The molecule has 0 saturated carbocycles.